The number of thiophene rings is 1. The fourth-order valence-electron chi connectivity index (χ4n) is 2.89. The van der Waals surface area contributed by atoms with Crippen LogP contribution in [0, 0.1) is 0 Å². The molecule has 2 aromatic rings. The van der Waals surface area contributed by atoms with Crippen LogP contribution in [-0.2, 0) is 11.3 Å². The molecule has 0 spiro atoms. The van der Waals surface area contributed by atoms with E-state index in [0.717, 1.165) is 4.88 Å². The van der Waals surface area contributed by atoms with Gasteiger partial charge in [-0.25, -0.2) is 0 Å². The number of methoxy groups -OCH3 is 1. The van der Waals surface area contributed by atoms with Crippen LogP contribution >= 0.6 is 11.3 Å². The molecule has 0 bridgehead atoms. The molecule has 1 aliphatic rings. The van der Waals surface area contributed by atoms with Gasteiger partial charge in [0.25, 0.3) is 5.91 Å². The maximum atomic E-state index is 12.8. The van der Waals surface area contributed by atoms with Gasteiger partial charge in [0, 0.05) is 18.0 Å². The number of hydrogen-bond acceptors (Lipinski definition) is 5. The Bertz CT molecular complexity index is 747. The highest BCUT2D eigenvalue weighted by molar-refractivity contribution is 7.09. The monoisotopic (exact) mass is 360 g/mol. The number of rotatable bonds is 4. The summed E-state index contributed by atoms with van der Waals surface area (Å²) in [6.45, 7) is 0.722. The van der Waals surface area contributed by atoms with Crippen molar-refractivity contribution in [3.05, 3.63) is 52.2 Å². The van der Waals surface area contributed by atoms with Crippen LogP contribution in [0.25, 0.3) is 0 Å². The van der Waals surface area contributed by atoms with Crippen LogP contribution in [0.2, 0.25) is 0 Å². The predicted molar refractivity (Wildman–Crippen MR) is 94.6 cm³/mol. The summed E-state index contributed by atoms with van der Waals surface area (Å²) in [5.74, 6) is -0.0369. The molecule has 1 aromatic carbocycles. The Morgan fingerprint density at radius 2 is 2.08 bits per heavy atom. The lowest BCUT2D eigenvalue weighted by molar-refractivity contribution is -0.131. The van der Waals surface area contributed by atoms with E-state index in [1.54, 1.807) is 40.5 Å². The smallest absolute Gasteiger partial charge is 0.258 e. The van der Waals surface area contributed by atoms with Gasteiger partial charge in [0.15, 0.2) is 0 Å². The number of para-hydroxylation sites is 1. The van der Waals surface area contributed by atoms with E-state index in [0.29, 0.717) is 17.9 Å². The zero-order chi connectivity index (χ0) is 17.8. The van der Waals surface area contributed by atoms with Gasteiger partial charge in [0.1, 0.15) is 12.3 Å². The SMILES string of the molecule is COc1ccccc1C(=O)N1CC(=O)N(Cc2cccs2)CC(O)C1. The molecule has 1 aliphatic heterocycles. The lowest BCUT2D eigenvalue weighted by Crippen LogP contribution is -2.39. The first kappa shape index (κ1) is 17.4. The van der Waals surface area contributed by atoms with E-state index in [-0.39, 0.29) is 31.4 Å². The van der Waals surface area contributed by atoms with Crippen LogP contribution in [0.3, 0.4) is 0 Å². The second kappa shape index (κ2) is 7.67. The molecular weight excluding hydrogens is 340 g/mol. The zero-order valence-corrected chi connectivity index (χ0v) is 14.7. The van der Waals surface area contributed by atoms with Crippen molar-refractivity contribution in [2.24, 2.45) is 0 Å². The van der Waals surface area contributed by atoms with E-state index in [4.69, 9.17) is 4.74 Å². The van der Waals surface area contributed by atoms with Crippen molar-refractivity contribution in [1.29, 1.82) is 0 Å². The molecule has 1 atom stereocenters. The Morgan fingerprint density at radius 3 is 2.80 bits per heavy atom. The summed E-state index contributed by atoms with van der Waals surface area (Å²) in [5.41, 5.74) is 0.386. The topological polar surface area (TPSA) is 70.1 Å². The minimum atomic E-state index is -0.787. The molecule has 0 aliphatic carbocycles. The van der Waals surface area contributed by atoms with Crippen LogP contribution in [0.15, 0.2) is 41.8 Å². The summed E-state index contributed by atoms with van der Waals surface area (Å²) >= 11 is 1.56. The second-order valence-corrected chi connectivity index (χ2v) is 6.93. The lowest BCUT2D eigenvalue weighted by atomic mass is 10.1. The highest BCUT2D eigenvalue weighted by Crippen LogP contribution is 2.21. The first-order valence-electron chi connectivity index (χ1n) is 7.99. The van der Waals surface area contributed by atoms with Gasteiger partial charge >= 0.3 is 0 Å². The molecule has 1 fully saturated rings. The van der Waals surface area contributed by atoms with Gasteiger partial charge in [-0.1, -0.05) is 18.2 Å². The van der Waals surface area contributed by atoms with Gasteiger partial charge < -0.3 is 19.6 Å². The van der Waals surface area contributed by atoms with E-state index < -0.39 is 6.10 Å². The fraction of sp³-hybridized carbons (Fsp3) is 0.333. The number of benzene rings is 1. The van der Waals surface area contributed by atoms with Crippen LogP contribution in [0.1, 0.15) is 15.2 Å². The van der Waals surface area contributed by atoms with Crippen molar-refractivity contribution in [3.63, 3.8) is 0 Å². The minimum Gasteiger partial charge on any atom is -0.496 e. The van der Waals surface area contributed by atoms with E-state index in [1.165, 1.54) is 12.0 Å². The van der Waals surface area contributed by atoms with Crippen molar-refractivity contribution in [1.82, 2.24) is 9.80 Å². The van der Waals surface area contributed by atoms with E-state index in [2.05, 4.69) is 0 Å². The van der Waals surface area contributed by atoms with Crippen molar-refractivity contribution in [2.45, 2.75) is 12.6 Å². The molecule has 2 amide bonds. The van der Waals surface area contributed by atoms with Gasteiger partial charge in [-0.15, -0.1) is 11.3 Å². The maximum Gasteiger partial charge on any atom is 0.258 e. The summed E-state index contributed by atoms with van der Waals surface area (Å²) in [4.78, 5) is 29.4. The Kier molecular flexibility index (Phi) is 5.35. The number of ether oxygens (including phenoxy) is 1. The van der Waals surface area contributed by atoms with Crippen molar-refractivity contribution >= 4 is 23.2 Å². The fourth-order valence-corrected chi connectivity index (χ4v) is 3.61. The summed E-state index contributed by atoms with van der Waals surface area (Å²) in [7, 11) is 1.50. The molecule has 0 saturated carbocycles. The van der Waals surface area contributed by atoms with Crippen molar-refractivity contribution in [3.8, 4) is 5.75 Å². The molecule has 1 unspecified atom stereocenters. The number of aliphatic hydroxyl groups is 1. The molecule has 0 radical (unpaired) electrons. The standard InChI is InChI=1S/C18H20N2O4S/c1-24-16-7-3-2-6-15(16)18(23)20-10-13(21)9-19(17(22)12-20)11-14-5-4-8-25-14/h2-8,13,21H,9-12H2,1H3. The number of carbonyl (C=O) groups is 2. The highest BCUT2D eigenvalue weighted by atomic mass is 32.1. The largest absolute Gasteiger partial charge is 0.496 e. The number of β-amino-alcohol motifs (C(OH)–C–C–N with tert-alkyl or cyclic N) is 1. The van der Waals surface area contributed by atoms with Crippen LogP contribution in [-0.4, -0.2) is 59.6 Å². The molecule has 1 N–H and O–H groups in total. The molecule has 25 heavy (non-hydrogen) atoms. The van der Waals surface area contributed by atoms with Gasteiger partial charge in [-0.2, -0.15) is 0 Å². The summed E-state index contributed by atoms with van der Waals surface area (Å²) in [5, 5.41) is 12.2. The Hall–Kier alpha value is -2.38. The quantitative estimate of drug-likeness (QED) is 0.899. The first-order chi connectivity index (χ1) is 12.1. The first-order valence-corrected chi connectivity index (χ1v) is 8.87. The normalized spacial score (nSPS) is 18.2. The number of hydrogen-bond donors (Lipinski definition) is 1. The van der Waals surface area contributed by atoms with E-state index in [1.807, 2.05) is 17.5 Å². The molecule has 2 heterocycles. The molecule has 6 nitrogen and oxygen atoms in total. The third-order valence-electron chi connectivity index (χ3n) is 4.09. The van der Waals surface area contributed by atoms with Crippen molar-refractivity contribution < 1.29 is 19.4 Å². The Balaban J connectivity index is 1.77. The second-order valence-electron chi connectivity index (χ2n) is 5.89. The average Bonchev–Trinajstić information content (AvgIpc) is 3.08. The Labute approximate surface area is 150 Å². The van der Waals surface area contributed by atoms with Gasteiger partial charge in [0.2, 0.25) is 5.91 Å². The molecular formula is C18H20N2O4S. The molecule has 1 saturated heterocycles. The number of carbonyl (C=O) groups excluding carboxylic acids is 2. The number of aliphatic hydroxyl groups excluding tert-OH is 1. The molecule has 132 valence electrons. The van der Waals surface area contributed by atoms with Crippen molar-refractivity contribution in [2.75, 3.05) is 26.7 Å². The van der Waals surface area contributed by atoms with Gasteiger partial charge in [-0.05, 0) is 23.6 Å². The summed E-state index contributed by atoms with van der Waals surface area (Å²) < 4.78 is 5.23. The van der Waals surface area contributed by atoms with Crippen LogP contribution < -0.4 is 4.74 Å². The Morgan fingerprint density at radius 1 is 1.28 bits per heavy atom. The van der Waals surface area contributed by atoms with E-state index in [9.17, 15) is 14.7 Å². The highest BCUT2D eigenvalue weighted by Gasteiger charge is 2.31. The summed E-state index contributed by atoms with van der Waals surface area (Å²) in [6, 6.07) is 10.8. The average molecular weight is 360 g/mol. The number of nitrogens with zero attached hydrogens (tertiary/aromatic N) is 2. The van der Waals surface area contributed by atoms with Gasteiger partial charge in [0.05, 0.1) is 25.3 Å². The lowest BCUT2D eigenvalue weighted by Gasteiger charge is -2.22. The maximum absolute atomic E-state index is 12.8. The van der Waals surface area contributed by atoms with Crippen LogP contribution in [0.4, 0.5) is 0 Å². The summed E-state index contributed by atoms with van der Waals surface area (Å²) in [6.07, 6.45) is -0.787. The zero-order valence-electron chi connectivity index (χ0n) is 13.9. The predicted octanol–water partition coefficient (Wildman–Crippen LogP) is 1.60. The molecule has 1 aromatic heterocycles. The minimum absolute atomic E-state index is 0.0562. The van der Waals surface area contributed by atoms with E-state index >= 15 is 0 Å². The number of amides is 2. The third-order valence-corrected chi connectivity index (χ3v) is 4.95. The van der Waals surface area contributed by atoms with Gasteiger partial charge in [-0.3, -0.25) is 9.59 Å². The van der Waals surface area contributed by atoms with Crippen LogP contribution in [0.5, 0.6) is 5.75 Å². The molecule has 3 rings (SSSR count). The third kappa shape index (κ3) is 4.00. The molecule has 7 heteroatoms.